The SMILES string of the molecule is Cc1cc(O)c(N)cc1-c1cc(N)c(O)cc1C. The molecule has 18 heavy (non-hydrogen) atoms. The molecule has 0 fully saturated rings. The fraction of sp³-hybridized carbons (Fsp3) is 0.143. The maximum atomic E-state index is 9.55. The average Bonchev–Trinajstić information content (AvgIpc) is 2.29. The van der Waals surface area contributed by atoms with Gasteiger partial charge in [0.1, 0.15) is 11.5 Å². The smallest absolute Gasteiger partial charge is 0.138 e. The van der Waals surface area contributed by atoms with Crippen molar-refractivity contribution in [2.75, 3.05) is 11.5 Å². The zero-order valence-corrected chi connectivity index (χ0v) is 10.4. The first-order chi connectivity index (χ1) is 8.40. The van der Waals surface area contributed by atoms with Gasteiger partial charge in [0, 0.05) is 0 Å². The molecule has 2 aromatic rings. The van der Waals surface area contributed by atoms with Crippen molar-refractivity contribution >= 4 is 11.4 Å². The van der Waals surface area contributed by atoms with Gasteiger partial charge in [-0.1, -0.05) is 0 Å². The highest BCUT2D eigenvalue weighted by atomic mass is 16.3. The molecule has 0 aliphatic rings. The van der Waals surface area contributed by atoms with Crippen LogP contribution in [-0.4, -0.2) is 10.2 Å². The highest BCUT2D eigenvalue weighted by Crippen LogP contribution is 2.36. The summed E-state index contributed by atoms with van der Waals surface area (Å²) in [5.74, 6) is 0.140. The molecule has 4 nitrogen and oxygen atoms in total. The predicted octanol–water partition coefficient (Wildman–Crippen LogP) is 2.55. The number of benzene rings is 2. The molecule has 4 heteroatoms. The standard InChI is InChI=1S/C14H16N2O2/c1-7-3-13(17)11(15)5-9(7)10-6-12(16)14(18)4-8(10)2/h3-6,17-18H,15-16H2,1-2H3. The minimum absolute atomic E-state index is 0.0700. The first-order valence-corrected chi connectivity index (χ1v) is 5.58. The largest absolute Gasteiger partial charge is 0.506 e. The van der Waals surface area contributed by atoms with Crippen LogP contribution in [-0.2, 0) is 0 Å². The Balaban J connectivity index is 2.69. The number of rotatable bonds is 1. The van der Waals surface area contributed by atoms with Crippen LogP contribution in [0.3, 0.4) is 0 Å². The molecule has 0 heterocycles. The number of hydrogen-bond donors (Lipinski definition) is 4. The van der Waals surface area contributed by atoms with Crippen molar-refractivity contribution in [3.63, 3.8) is 0 Å². The minimum atomic E-state index is 0.0700. The molecule has 2 aromatic carbocycles. The van der Waals surface area contributed by atoms with Gasteiger partial charge in [0.2, 0.25) is 0 Å². The Morgan fingerprint density at radius 2 is 1.06 bits per heavy atom. The van der Waals surface area contributed by atoms with Gasteiger partial charge in [0.15, 0.2) is 0 Å². The van der Waals surface area contributed by atoms with Crippen LogP contribution in [0.15, 0.2) is 24.3 Å². The van der Waals surface area contributed by atoms with Crippen LogP contribution in [0.5, 0.6) is 11.5 Å². The summed E-state index contributed by atoms with van der Waals surface area (Å²) in [4.78, 5) is 0. The average molecular weight is 244 g/mol. The molecule has 6 N–H and O–H groups in total. The van der Waals surface area contributed by atoms with E-state index < -0.39 is 0 Å². The predicted molar refractivity (Wildman–Crippen MR) is 73.5 cm³/mol. The lowest BCUT2D eigenvalue weighted by Gasteiger charge is -2.13. The molecule has 0 radical (unpaired) electrons. The Morgan fingerprint density at radius 1 is 0.722 bits per heavy atom. The number of nitrogens with two attached hydrogens (primary N) is 2. The van der Waals surface area contributed by atoms with E-state index in [1.807, 2.05) is 13.8 Å². The molecule has 0 aliphatic carbocycles. The van der Waals surface area contributed by atoms with Crippen LogP contribution in [0.25, 0.3) is 11.1 Å². The second kappa shape index (κ2) is 4.14. The zero-order valence-electron chi connectivity index (χ0n) is 10.4. The number of nitrogen functional groups attached to an aromatic ring is 2. The molecule has 0 atom stereocenters. The van der Waals surface area contributed by atoms with Crippen molar-refractivity contribution in [1.82, 2.24) is 0 Å². The number of anilines is 2. The summed E-state index contributed by atoms with van der Waals surface area (Å²) >= 11 is 0. The fourth-order valence-corrected chi connectivity index (χ4v) is 2.00. The second-order valence-corrected chi connectivity index (χ2v) is 4.45. The number of aryl methyl sites for hydroxylation is 2. The van der Waals surface area contributed by atoms with Crippen molar-refractivity contribution in [3.05, 3.63) is 35.4 Å². The van der Waals surface area contributed by atoms with E-state index in [0.717, 1.165) is 22.3 Å². The van der Waals surface area contributed by atoms with Gasteiger partial charge >= 0.3 is 0 Å². The molecular weight excluding hydrogens is 228 g/mol. The van der Waals surface area contributed by atoms with Crippen molar-refractivity contribution in [2.24, 2.45) is 0 Å². The molecule has 0 aromatic heterocycles. The van der Waals surface area contributed by atoms with Crippen molar-refractivity contribution < 1.29 is 10.2 Å². The van der Waals surface area contributed by atoms with E-state index in [9.17, 15) is 10.2 Å². The molecule has 2 rings (SSSR count). The number of aromatic hydroxyl groups is 2. The van der Waals surface area contributed by atoms with Crippen molar-refractivity contribution in [3.8, 4) is 22.6 Å². The summed E-state index contributed by atoms with van der Waals surface area (Å²) in [5.41, 5.74) is 15.7. The van der Waals surface area contributed by atoms with E-state index >= 15 is 0 Å². The Kier molecular flexibility index (Phi) is 2.79. The molecule has 0 spiro atoms. The Hall–Kier alpha value is -2.36. The number of hydrogen-bond acceptors (Lipinski definition) is 4. The summed E-state index contributed by atoms with van der Waals surface area (Å²) in [6.07, 6.45) is 0. The monoisotopic (exact) mass is 244 g/mol. The van der Waals surface area contributed by atoms with Gasteiger partial charge in [-0.25, -0.2) is 0 Å². The molecule has 0 saturated heterocycles. The summed E-state index contributed by atoms with van der Waals surface area (Å²) in [7, 11) is 0. The van der Waals surface area contributed by atoms with E-state index in [4.69, 9.17) is 11.5 Å². The molecule has 0 aliphatic heterocycles. The van der Waals surface area contributed by atoms with Gasteiger partial charge in [0.05, 0.1) is 11.4 Å². The minimum Gasteiger partial charge on any atom is -0.506 e. The number of phenolic OH excluding ortho intramolecular Hbond substituents is 2. The van der Waals surface area contributed by atoms with E-state index in [1.165, 1.54) is 0 Å². The summed E-state index contributed by atoms with van der Waals surface area (Å²) < 4.78 is 0. The van der Waals surface area contributed by atoms with Crippen LogP contribution in [0, 0.1) is 13.8 Å². The third-order valence-corrected chi connectivity index (χ3v) is 3.04. The summed E-state index contributed by atoms with van der Waals surface area (Å²) in [6.45, 7) is 3.77. The first-order valence-electron chi connectivity index (χ1n) is 5.58. The molecular formula is C14H16N2O2. The zero-order chi connectivity index (χ0) is 13.4. The Bertz CT molecular complexity index is 566. The van der Waals surface area contributed by atoms with Gasteiger partial charge < -0.3 is 21.7 Å². The molecule has 0 saturated carbocycles. The summed E-state index contributed by atoms with van der Waals surface area (Å²) in [5, 5.41) is 19.1. The molecule has 0 unspecified atom stereocenters. The van der Waals surface area contributed by atoms with Gasteiger partial charge in [-0.2, -0.15) is 0 Å². The highest BCUT2D eigenvalue weighted by molar-refractivity contribution is 5.79. The van der Waals surface area contributed by atoms with Gasteiger partial charge in [-0.3, -0.25) is 0 Å². The third kappa shape index (κ3) is 1.93. The van der Waals surface area contributed by atoms with Crippen LogP contribution in [0.2, 0.25) is 0 Å². The molecule has 0 bridgehead atoms. The molecule has 0 amide bonds. The van der Waals surface area contributed by atoms with E-state index in [1.54, 1.807) is 24.3 Å². The second-order valence-electron chi connectivity index (χ2n) is 4.45. The van der Waals surface area contributed by atoms with Crippen molar-refractivity contribution in [1.29, 1.82) is 0 Å². The lowest BCUT2D eigenvalue weighted by molar-refractivity contribution is 0.477. The highest BCUT2D eigenvalue weighted by Gasteiger charge is 2.11. The lowest BCUT2D eigenvalue weighted by atomic mass is 9.95. The maximum Gasteiger partial charge on any atom is 0.138 e. The molecule has 94 valence electrons. The van der Waals surface area contributed by atoms with Gasteiger partial charge in [0.25, 0.3) is 0 Å². The van der Waals surface area contributed by atoms with Gasteiger partial charge in [-0.05, 0) is 60.4 Å². The summed E-state index contributed by atoms with van der Waals surface area (Å²) in [6, 6.07) is 6.66. The van der Waals surface area contributed by atoms with Crippen LogP contribution in [0.4, 0.5) is 11.4 Å². The third-order valence-electron chi connectivity index (χ3n) is 3.04. The van der Waals surface area contributed by atoms with Crippen LogP contribution in [0.1, 0.15) is 11.1 Å². The van der Waals surface area contributed by atoms with Gasteiger partial charge in [-0.15, -0.1) is 0 Å². The fourth-order valence-electron chi connectivity index (χ4n) is 2.00. The van der Waals surface area contributed by atoms with Crippen LogP contribution < -0.4 is 11.5 Å². The van der Waals surface area contributed by atoms with Crippen LogP contribution >= 0.6 is 0 Å². The topological polar surface area (TPSA) is 92.5 Å². The Labute approximate surface area is 105 Å². The number of phenols is 2. The van der Waals surface area contributed by atoms with Crippen molar-refractivity contribution in [2.45, 2.75) is 13.8 Å². The van der Waals surface area contributed by atoms with E-state index in [-0.39, 0.29) is 11.5 Å². The lowest BCUT2D eigenvalue weighted by Crippen LogP contribution is -1.94. The Morgan fingerprint density at radius 3 is 1.39 bits per heavy atom. The van der Waals surface area contributed by atoms with E-state index in [2.05, 4.69) is 0 Å². The quantitative estimate of drug-likeness (QED) is 0.458. The first kappa shape index (κ1) is 12.1. The maximum absolute atomic E-state index is 9.55. The van der Waals surface area contributed by atoms with E-state index in [0.29, 0.717) is 11.4 Å². The normalized spacial score (nSPS) is 10.6.